The standard InChI is InChI=1S/C17H26N2O3/c20-16(19-14-17(21)10-5-2-6-11-17)18-12-7-13-22-15-8-3-1-4-9-15/h1,3-4,8-9,21H,2,5-7,10-14H2,(H2,18,19,20). The van der Waals surface area contributed by atoms with Crippen molar-refractivity contribution >= 4 is 6.03 Å². The van der Waals surface area contributed by atoms with Crippen molar-refractivity contribution in [3.05, 3.63) is 30.3 Å². The minimum atomic E-state index is -0.716. The highest BCUT2D eigenvalue weighted by atomic mass is 16.5. The van der Waals surface area contributed by atoms with Crippen LogP contribution in [0.25, 0.3) is 0 Å². The van der Waals surface area contributed by atoms with E-state index in [1.54, 1.807) is 0 Å². The molecular formula is C17H26N2O3. The maximum Gasteiger partial charge on any atom is 0.314 e. The van der Waals surface area contributed by atoms with E-state index in [0.717, 1.165) is 37.9 Å². The Balaban J connectivity index is 1.52. The van der Waals surface area contributed by atoms with Crippen molar-refractivity contribution in [1.82, 2.24) is 10.6 Å². The van der Waals surface area contributed by atoms with Gasteiger partial charge in [-0.25, -0.2) is 4.79 Å². The van der Waals surface area contributed by atoms with E-state index in [2.05, 4.69) is 10.6 Å². The van der Waals surface area contributed by atoms with E-state index in [-0.39, 0.29) is 6.03 Å². The zero-order valence-corrected chi connectivity index (χ0v) is 13.0. The number of urea groups is 1. The normalized spacial score (nSPS) is 16.8. The molecule has 1 aliphatic carbocycles. The monoisotopic (exact) mass is 306 g/mol. The number of nitrogens with one attached hydrogen (secondary N) is 2. The first-order chi connectivity index (χ1) is 10.7. The van der Waals surface area contributed by atoms with Gasteiger partial charge in [0.25, 0.3) is 0 Å². The fourth-order valence-electron chi connectivity index (χ4n) is 2.67. The SMILES string of the molecule is O=C(NCCCOc1ccccc1)NCC1(O)CCCCC1. The summed E-state index contributed by atoms with van der Waals surface area (Å²) in [7, 11) is 0. The van der Waals surface area contributed by atoms with Gasteiger partial charge in [0.2, 0.25) is 0 Å². The number of ether oxygens (including phenoxy) is 1. The highest BCUT2D eigenvalue weighted by molar-refractivity contribution is 5.73. The molecule has 0 bridgehead atoms. The van der Waals surface area contributed by atoms with Crippen LogP contribution in [-0.4, -0.2) is 36.4 Å². The lowest BCUT2D eigenvalue weighted by molar-refractivity contribution is 0.00719. The van der Waals surface area contributed by atoms with Crippen molar-refractivity contribution in [3.63, 3.8) is 0 Å². The summed E-state index contributed by atoms with van der Waals surface area (Å²) in [5.41, 5.74) is -0.716. The number of hydrogen-bond acceptors (Lipinski definition) is 3. The fourth-order valence-corrected chi connectivity index (χ4v) is 2.67. The Morgan fingerprint density at radius 1 is 1.14 bits per heavy atom. The summed E-state index contributed by atoms with van der Waals surface area (Å²) < 4.78 is 5.55. The minimum Gasteiger partial charge on any atom is -0.494 e. The Labute approximate surface area is 132 Å². The summed E-state index contributed by atoms with van der Waals surface area (Å²) in [6, 6.07) is 9.39. The van der Waals surface area contributed by atoms with Gasteiger partial charge in [-0.15, -0.1) is 0 Å². The Hall–Kier alpha value is -1.75. The molecule has 1 fully saturated rings. The van der Waals surface area contributed by atoms with Gasteiger partial charge in [-0.05, 0) is 31.4 Å². The Bertz CT molecular complexity index is 444. The lowest BCUT2D eigenvalue weighted by Gasteiger charge is -2.32. The lowest BCUT2D eigenvalue weighted by atomic mass is 9.85. The van der Waals surface area contributed by atoms with E-state index in [1.807, 2.05) is 30.3 Å². The molecule has 2 rings (SSSR count). The smallest absolute Gasteiger partial charge is 0.314 e. The average Bonchev–Trinajstić information content (AvgIpc) is 2.54. The van der Waals surface area contributed by atoms with Crippen molar-refractivity contribution in [3.8, 4) is 5.75 Å². The second-order valence-electron chi connectivity index (χ2n) is 5.91. The van der Waals surface area contributed by atoms with Crippen LogP contribution >= 0.6 is 0 Å². The summed E-state index contributed by atoms with van der Waals surface area (Å²) >= 11 is 0. The lowest BCUT2D eigenvalue weighted by Crippen LogP contribution is -2.47. The zero-order chi connectivity index (χ0) is 15.7. The summed E-state index contributed by atoms with van der Waals surface area (Å²) in [4.78, 5) is 11.7. The van der Waals surface area contributed by atoms with E-state index in [9.17, 15) is 9.90 Å². The largest absolute Gasteiger partial charge is 0.494 e. The molecule has 0 saturated heterocycles. The molecule has 122 valence electrons. The van der Waals surface area contributed by atoms with Gasteiger partial charge in [0.15, 0.2) is 0 Å². The molecule has 0 atom stereocenters. The molecule has 1 aliphatic rings. The molecule has 1 saturated carbocycles. The van der Waals surface area contributed by atoms with Crippen molar-refractivity contribution in [1.29, 1.82) is 0 Å². The topological polar surface area (TPSA) is 70.6 Å². The predicted octanol–water partition coefficient (Wildman–Crippen LogP) is 2.45. The van der Waals surface area contributed by atoms with Gasteiger partial charge in [0, 0.05) is 13.1 Å². The number of benzene rings is 1. The molecule has 5 heteroatoms. The number of carbonyl (C=O) groups is 1. The number of amides is 2. The number of rotatable bonds is 7. The van der Waals surface area contributed by atoms with Gasteiger partial charge < -0.3 is 20.5 Å². The first-order valence-electron chi connectivity index (χ1n) is 8.10. The predicted molar refractivity (Wildman–Crippen MR) is 86.0 cm³/mol. The van der Waals surface area contributed by atoms with Crippen molar-refractivity contribution in [2.24, 2.45) is 0 Å². The molecule has 5 nitrogen and oxygen atoms in total. The Kier molecular flexibility index (Phi) is 6.52. The molecule has 1 aromatic carbocycles. The summed E-state index contributed by atoms with van der Waals surface area (Å²) in [6.45, 7) is 1.45. The van der Waals surface area contributed by atoms with E-state index in [0.29, 0.717) is 19.7 Å². The van der Waals surface area contributed by atoms with Gasteiger partial charge >= 0.3 is 6.03 Å². The molecule has 2 amide bonds. The molecule has 0 spiro atoms. The maximum atomic E-state index is 11.7. The van der Waals surface area contributed by atoms with Crippen LogP contribution in [0.5, 0.6) is 5.75 Å². The molecular weight excluding hydrogens is 280 g/mol. The minimum absolute atomic E-state index is 0.223. The molecule has 1 aromatic rings. The van der Waals surface area contributed by atoms with Crippen LogP contribution in [0.2, 0.25) is 0 Å². The average molecular weight is 306 g/mol. The van der Waals surface area contributed by atoms with E-state index >= 15 is 0 Å². The zero-order valence-electron chi connectivity index (χ0n) is 13.0. The fraction of sp³-hybridized carbons (Fsp3) is 0.588. The van der Waals surface area contributed by atoms with Crippen molar-refractivity contribution in [2.75, 3.05) is 19.7 Å². The van der Waals surface area contributed by atoms with E-state index in [4.69, 9.17) is 4.74 Å². The van der Waals surface area contributed by atoms with Gasteiger partial charge in [0.1, 0.15) is 5.75 Å². The van der Waals surface area contributed by atoms with Crippen LogP contribution in [-0.2, 0) is 0 Å². The molecule has 0 radical (unpaired) electrons. The third kappa shape index (κ3) is 5.93. The number of aliphatic hydroxyl groups is 1. The van der Waals surface area contributed by atoms with Crippen LogP contribution in [0.1, 0.15) is 38.5 Å². The quantitative estimate of drug-likeness (QED) is 0.678. The van der Waals surface area contributed by atoms with Crippen molar-refractivity contribution in [2.45, 2.75) is 44.1 Å². The highest BCUT2D eigenvalue weighted by Crippen LogP contribution is 2.27. The highest BCUT2D eigenvalue weighted by Gasteiger charge is 2.29. The van der Waals surface area contributed by atoms with Crippen LogP contribution in [0.15, 0.2) is 30.3 Å². The third-order valence-electron chi connectivity index (χ3n) is 3.98. The van der Waals surface area contributed by atoms with Gasteiger partial charge in [-0.3, -0.25) is 0 Å². The molecule has 0 heterocycles. The van der Waals surface area contributed by atoms with Crippen molar-refractivity contribution < 1.29 is 14.6 Å². The third-order valence-corrected chi connectivity index (χ3v) is 3.98. The Morgan fingerprint density at radius 2 is 1.86 bits per heavy atom. The van der Waals surface area contributed by atoms with Crippen LogP contribution < -0.4 is 15.4 Å². The summed E-state index contributed by atoms with van der Waals surface area (Å²) in [6.07, 6.45) is 5.55. The summed E-state index contributed by atoms with van der Waals surface area (Å²) in [5.74, 6) is 0.839. The first-order valence-corrected chi connectivity index (χ1v) is 8.10. The molecule has 22 heavy (non-hydrogen) atoms. The van der Waals surface area contributed by atoms with E-state index in [1.165, 1.54) is 6.42 Å². The molecule has 0 aromatic heterocycles. The number of para-hydroxylation sites is 1. The van der Waals surface area contributed by atoms with E-state index < -0.39 is 5.60 Å². The first kappa shape index (κ1) is 16.6. The molecule has 0 unspecified atom stereocenters. The summed E-state index contributed by atoms with van der Waals surface area (Å²) in [5, 5.41) is 15.8. The number of carbonyl (C=O) groups excluding carboxylic acids is 1. The second-order valence-corrected chi connectivity index (χ2v) is 5.91. The molecule has 0 aliphatic heterocycles. The van der Waals surface area contributed by atoms with Crippen LogP contribution in [0.3, 0.4) is 0 Å². The van der Waals surface area contributed by atoms with Crippen LogP contribution in [0, 0.1) is 0 Å². The van der Waals surface area contributed by atoms with Crippen LogP contribution in [0.4, 0.5) is 4.79 Å². The maximum absolute atomic E-state index is 11.7. The van der Waals surface area contributed by atoms with Gasteiger partial charge in [0.05, 0.1) is 12.2 Å². The Morgan fingerprint density at radius 3 is 2.59 bits per heavy atom. The molecule has 3 N–H and O–H groups in total. The van der Waals surface area contributed by atoms with Gasteiger partial charge in [-0.1, -0.05) is 37.5 Å². The van der Waals surface area contributed by atoms with Gasteiger partial charge in [-0.2, -0.15) is 0 Å². The number of hydrogen-bond donors (Lipinski definition) is 3. The second kappa shape index (κ2) is 8.63.